The van der Waals surface area contributed by atoms with Crippen molar-refractivity contribution in [2.75, 3.05) is 6.26 Å². The lowest BCUT2D eigenvalue weighted by Gasteiger charge is -2.40. The van der Waals surface area contributed by atoms with Crippen molar-refractivity contribution >= 4 is 27.7 Å². The molecule has 0 unspecified atom stereocenters. The summed E-state index contributed by atoms with van der Waals surface area (Å²) < 4.78 is 1.21. The van der Waals surface area contributed by atoms with E-state index in [0.717, 1.165) is 23.3 Å². The second kappa shape index (κ2) is 6.85. The van der Waals surface area contributed by atoms with Gasteiger partial charge in [0, 0.05) is 21.8 Å². The zero-order chi connectivity index (χ0) is 13.9. The molecule has 3 rings (SSSR count). The molecule has 2 fully saturated rings. The highest BCUT2D eigenvalue weighted by Gasteiger charge is 2.32. The third kappa shape index (κ3) is 3.61. The number of thioether (sulfide) groups is 1. The molecule has 0 saturated heterocycles. The van der Waals surface area contributed by atoms with Crippen molar-refractivity contribution in [1.82, 2.24) is 5.32 Å². The van der Waals surface area contributed by atoms with Crippen LogP contribution in [0.25, 0.3) is 0 Å². The lowest BCUT2D eigenvalue weighted by Crippen LogP contribution is -2.46. The second-order valence-electron chi connectivity index (χ2n) is 6.30. The molecule has 20 heavy (non-hydrogen) atoms. The van der Waals surface area contributed by atoms with Gasteiger partial charge in [-0.25, -0.2) is 0 Å². The van der Waals surface area contributed by atoms with Gasteiger partial charge in [-0.2, -0.15) is 11.8 Å². The summed E-state index contributed by atoms with van der Waals surface area (Å²) >= 11 is 5.63. The van der Waals surface area contributed by atoms with Crippen molar-refractivity contribution in [3.05, 3.63) is 34.3 Å². The van der Waals surface area contributed by atoms with Gasteiger partial charge in [0.15, 0.2) is 0 Å². The molecule has 110 valence electrons. The van der Waals surface area contributed by atoms with Crippen LogP contribution in [0.5, 0.6) is 0 Å². The summed E-state index contributed by atoms with van der Waals surface area (Å²) in [5.74, 6) is 0.771. The first-order valence-electron chi connectivity index (χ1n) is 7.79. The topological polar surface area (TPSA) is 12.0 Å². The molecular formula is C17H24BrNS. The Morgan fingerprint density at radius 3 is 2.50 bits per heavy atom. The van der Waals surface area contributed by atoms with E-state index in [1.54, 1.807) is 0 Å². The van der Waals surface area contributed by atoms with E-state index >= 15 is 0 Å². The van der Waals surface area contributed by atoms with Crippen LogP contribution in [0, 0.1) is 0 Å². The summed E-state index contributed by atoms with van der Waals surface area (Å²) in [6.45, 7) is 0. The van der Waals surface area contributed by atoms with Crippen molar-refractivity contribution in [2.45, 2.75) is 61.8 Å². The maximum Gasteiger partial charge on any atom is 0.0178 e. The maximum atomic E-state index is 3.89. The van der Waals surface area contributed by atoms with Crippen molar-refractivity contribution < 1.29 is 0 Å². The van der Waals surface area contributed by atoms with E-state index in [1.807, 2.05) is 0 Å². The number of benzene rings is 1. The van der Waals surface area contributed by atoms with Crippen LogP contribution >= 0.6 is 27.7 Å². The Morgan fingerprint density at radius 2 is 1.85 bits per heavy atom. The number of halogens is 1. The molecule has 0 heterocycles. The Labute approximate surface area is 135 Å². The Balaban J connectivity index is 1.42. The number of rotatable bonds is 4. The summed E-state index contributed by atoms with van der Waals surface area (Å²) in [5.41, 5.74) is 1.50. The van der Waals surface area contributed by atoms with Gasteiger partial charge in [-0.3, -0.25) is 0 Å². The Kier molecular flexibility index (Phi) is 5.11. The number of nitrogens with one attached hydrogen (secondary N) is 1. The van der Waals surface area contributed by atoms with E-state index in [2.05, 4.69) is 63.5 Å². The highest BCUT2D eigenvalue weighted by atomic mass is 79.9. The second-order valence-corrected chi connectivity index (χ2v) is 8.35. The smallest absolute Gasteiger partial charge is 0.0178 e. The zero-order valence-electron chi connectivity index (χ0n) is 12.1. The molecule has 2 aliphatic carbocycles. The average Bonchev–Trinajstić information content (AvgIpc) is 2.43. The van der Waals surface area contributed by atoms with E-state index < -0.39 is 0 Å². The van der Waals surface area contributed by atoms with Gasteiger partial charge in [0.1, 0.15) is 0 Å². The van der Waals surface area contributed by atoms with Crippen LogP contribution in [0.15, 0.2) is 28.7 Å². The standard InChI is InChI=1S/C17H24BrNS/c1-20-17-7-5-15(6-8-17)19-16-10-13(11-16)12-3-2-4-14(18)9-12/h2-4,9,13,15-17,19H,5-8,10-11H2,1H3. The van der Waals surface area contributed by atoms with Gasteiger partial charge in [0.2, 0.25) is 0 Å². The third-order valence-electron chi connectivity index (χ3n) is 4.94. The molecule has 0 radical (unpaired) electrons. The Bertz CT molecular complexity index is 436. The van der Waals surface area contributed by atoms with Crippen LogP contribution in [0.2, 0.25) is 0 Å². The van der Waals surface area contributed by atoms with Gasteiger partial charge in [-0.1, -0.05) is 28.1 Å². The summed E-state index contributed by atoms with van der Waals surface area (Å²) in [7, 11) is 0. The van der Waals surface area contributed by atoms with Crippen molar-refractivity contribution in [1.29, 1.82) is 0 Å². The van der Waals surface area contributed by atoms with E-state index in [9.17, 15) is 0 Å². The highest BCUT2D eigenvalue weighted by Crippen LogP contribution is 2.38. The summed E-state index contributed by atoms with van der Waals surface area (Å²) in [6, 6.07) is 10.4. The fourth-order valence-corrected chi connectivity index (χ4v) is 4.75. The van der Waals surface area contributed by atoms with E-state index in [-0.39, 0.29) is 0 Å². The minimum atomic E-state index is 0.759. The SMILES string of the molecule is CSC1CCC(NC2CC(c3cccc(Br)c3)C2)CC1. The zero-order valence-corrected chi connectivity index (χ0v) is 14.6. The fraction of sp³-hybridized carbons (Fsp3) is 0.647. The summed E-state index contributed by atoms with van der Waals surface area (Å²) in [6.07, 6.45) is 10.5. The predicted octanol–water partition coefficient (Wildman–Crippen LogP) is 4.96. The molecule has 0 bridgehead atoms. The molecule has 1 nitrogen and oxygen atoms in total. The van der Waals surface area contributed by atoms with E-state index in [0.29, 0.717) is 0 Å². The van der Waals surface area contributed by atoms with Gasteiger partial charge < -0.3 is 5.32 Å². The van der Waals surface area contributed by atoms with Gasteiger partial charge in [0.25, 0.3) is 0 Å². The average molecular weight is 354 g/mol. The molecule has 3 heteroatoms. The van der Waals surface area contributed by atoms with Gasteiger partial charge in [-0.15, -0.1) is 0 Å². The lowest BCUT2D eigenvalue weighted by molar-refractivity contribution is 0.240. The largest absolute Gasteiger partial charge is 0.311 e. The minimum Gasteiger partial charge on any atom is -0.311 e. The number of hydrogen-bond donors (Lipinski definition) is 1. The molecule has 0 spiro atoms. The predicted molar refractivity (Wildman–Crippen MR) is 92.6 cm³/mol. The Morgan fingerprint density at radius 1 is 1.10 bits per heavy atom. The van der Waals surface area contributed by atoms with Crippen LogP contribution in [0.1, 0.15) is 50.0 Å². The summed E-state index contributed by atoms with van der Waals surface area (Å²) in [4.78, 5) is 0. The lowest BCUT2D eigenvalue weighted by atomic mass is 9.75. The van der Waals surface area contributed by atoms with Gasteiger partial charge in [0.05, 0.1) is 0 Å². The maximum absolute atomic E-state index is 3.89. The van der Waals surface area contributed by atoms with Crippen LogP contribution < -0.4 is 5.32 Å². The molecule has 0 aromatic heterocycles. The molecule has 0 amide bonds. The van der Waals surface area contributed by atoms with Crippen LogP contribution in [0.3, 0.4) is 0 Å². The van der Waals surface area contributed by atoms with E-state index in [1.165, 1.54) is 48.6 Å². The first-order valence-corrected chi connectivity index (χ1v) is 9.87. The first-order chi connectivity index (χ1) is 9.74. The van der Waals surface area contributed by atoms with Crippen LogP contribution in [-0.2, 0) is 0 Å². The fourth-order valence-electron chi connectivity index (χ4n) is 3.59. The molecule has 1 N–H and O–H groups in total. The quantitative estimate of drug-likeness (QED) is 0.820. The molecule has 2 aliphatic rings. The minimum absolute atomic E-state index is 0.759. The third-order valence-corrected chi connectivity index (χ3v) is 6.57. The highest BCUT2D eigenvalue weighted by molar-refractivity contribution is 9.10. The normalized spacial score (nSPS) is 33.7. The summed E-state index contributed by atoms with van der Waals surface area (Å²) in [5, 5.41) is 4.81. The van der Waals surface area contributed by atoms with Crippen molar-refractivity contribution in [3.63, 3.8) is 0 Å². The van der Waals surface area contributed by atoms with Gasteiger partial charge in [-0.05, 0) is 68.4 Å². The molecular weight excluding hydrogens is 330 g/mol. The van der Waals surface area contributed by atoms with Crippen molar-refractivity contribution in [3.8, 4) is 0 Å². The van der Waals surface area contributed by atoms with E-state index in [4.69, 9.17) is 0 Å². The van der Waals surface area contributed by atoms with Crippen LogP contribution in [0.4, 0.5) is 0 Å². The molecule has 1 aromatic carbocycles. The molecule has 1 aromatic rings. The number of hydrogen-bond acceptors (Lipinski definition) is 2. The monoisotopic (exact) mass is 353 g/mol. The molecule has 0 aliphatic heterocycles. The molecule has 2 saturated carbocycles. The van der Waals surface area contributed by atoms with Crippen molar-refractivity contribution in [2.24, 2.45) is 0 Å². The first kappa shape index (κ1) is 14.9. The van der Waals surface area contributed by atoms with Gasteiger partial charge >= 0.3 is 0 Å². The van der Waals surface area contributed by atoms with Crippen LogP contribution in [-0.4, -0.2) is 23.6 Å². The molecule has 0 atom stereocenters. The Hall–Kier alpha value is 0.01000.